The molecule has 1 fully saturated rings. The highest BCUT2D eigenvalue weighted by atomic mass is 19.4. The fourth-order valence-electron chi connectivity index (χ4n) is 4.47. The van der Waals surface area contributed by atoms with Crippen LogP contribution in [0.2, 0.25) is 0 Å². The molecule has 1 aromatic heterocycles. The Morgan fingerprint density at radius 2 is 1.54 bits per heavy atom. The largest absolute Gasteiger partial charge is 0.416 e. The van der Waals surface area contributed by atoms with E-state index in [1.54, 1.807) is 11.0 Å². The third kappa shape index (κ3) is 6.14. The van der Waals surface area contributed by atoms with Gasteiger partial charge in [-0.15, -0.1) is 0 Å². The van der Waals surface area contributed by atoms with Gasteiger partial charge in [0.15, 0.2) is 0 Å². The molecular weight excluding hydrogens is 519 g/mol. The van der Waals surface area contributed by atoms with E-state index in [2.05, 4.69) is 15.0 Å². The number of hydrogen-bond donors (Lipinski definition) is 0. The fraction of sp³-hybridized carbons (Fsp3) is 0.250. The number of nitrogens with zero attached hydrogens (tertiary/aromatic N) is 4. The van der Waals surface area contributed by atoms with Gasteiger partial charge in [-0.1, -0.05) is 35.5 Å². The van der Waals surface area contributed by atoms with Gasteiger partial charge in [0.05, 0.1) is 12.0 Å². The van der Waals surface area contributed by atoms with Gasteiger partial charge in [0.25, 0.3) is 5.89 Å². The minimum atomic E-state index is -4.48. The normalized spacial score (nSPS) is 14.5. The Morgan fingerprint density at radius 3 is 2.26 bits per heavy atom. The lowest BCUT2D eigenvalue weighted by Crippen LogP contribution is -2.48. The second-order valence-corrected chi connectivity index (χ2v) is 9.24. The highest BCUT2D eigenvalue weighted by Crippen LogP contribution is 2.32. The van der Waals surface area contributed by atoms with Crippen LogP contribution >= 0.6 is 0 Å². The quantitative estimate of drug-likeness (QED) is 0.298. The van der Waals surface area contributed by atoms with Crippen molar-refractivity contribution in [3.63, 3.8) is 0 Å². The first-order chi connectivity index (χ1) is 18.7. The second-order valence-electron chi connectivity index (χ2n) is 9.24. The van der Waals surface area contributed by atoms with Crippen LogP contribution in [0.4, 0.5) is 22.0 Å². The summed E-state index contributed by atoms with van der Waals surface area (Å²) < 4.78 is 72.2. The summed E-state index contributed by atoms with van der Waals surface area (Å²) in [6.07, 6.45) is -4.81. The van der Waals surface area contributed by atoms with Crippen molar-refractivity contribution in [2.24, 2.45) is 0 Å². The van der Waals surface area contributed by atoms with E-state index in [0.29, 0.717) is 38.3 Å². The van der Waals surface area contributed by atoms with E-state index in [0.717, 1.165) is 29.8 Å². The van der Waals surface area contributed by atoms with Crippen LogP contribution in [-0.4, -0.2) is 52.0 Å². The number of aromatic nitrogens is 2. The maximum Gasteiger partial charge on any atom is 0.416 e. The molecule has 202 valence electrons. The van der Waals surface area contributed by atoms with Crippen molar-refractivity contribution in [3.8, 4) is 22.8 Å². The predicted octanol–water partition coefficient (Wildman–Crippen LogP) is 5.59. The molecular formula is C28H23F5N4O2. The number of amides is 1. The van der Waals surface area contributed by atoms with Crippen LogP contribution in [-0.2, 0) is 23.9 Å². The molecule has 1 saturated heterocycles. The molecule has 0 atom stereocenters. The first kappa shape index (κ1) is 26.5. The molecule has 1 aliphatic rings. The number of halogens is 5. The van der Waals surface area contributed by atoms with E-state index < -0.39 is 23.4 Å². The minimum absolute atomic E-state index is 0.0162. The van der Waals surface area contributed by atoms with Crippen molar-refractivity contribution in [1.82, 2.24) is 19.9 Å². The van der Waals surface area contributed by atoms with Crippen LogP contribution in [0.1, 0.15) is 16.7 Å². The molecule has 2 heterocycles. The second kappa shape index (κ2) is 10.9. The van der Waals surface area contributed by atoms with E-state index in [4.69, 9.17) is 4.52 Å². The molecule has 0 saturated carbocycles. The summed E-state index contributed by atoms with van der Waals surface area (Å²) in [5.41, 5.74) is 0.744. The number of piperazine rings is 1. The maximum absolute atomic E-state index is 13.9. The first-order valence-electron chi connectivity index (χ1n) is 12.2. The van der Waals surface area contributed by atoms with Gasteiger partial charge >= 0.3 is 6.18 Å². The molecule has 39 heavy (non-hydrogen) atoms. The lowest BCUT2D eigenvalue weighted by atomic mass is 10.1. The van der Waals surface area contributed by atoms with Crippen molar-refractivity contribution < 1.29 is 31.3 Å². The topological polar surface area (TPSA) is 62.5 Å². The lowest BCUT2D eigenvalue weighted by molar-refractivity contribution is -0.137. The zero-order valence-corrected chi connectivity index (χ0v) is 20.6. The molecule has 0 N–H and O–H groups in total. The van der Waals surface area contributed by atoms with Gasteiger partial charge in [-0.25, -0.2) is 8.78 Å². The first-order valence-corrected chi connectivity index (χ1v) is 12.2. The van der Waals surface area contributed by atoms with Crippen LogP contribution in [0.5, 0.6) is 0 Å². The van der Waals surface area contributed by atoms with E-state index in [-0.39, 0.29) is 35.2 Å². The summed E-state index contributed by atoms with van der Waals surface area (Å²) in [7, 11) is 0. The van der Waals surface area contributed by atoms with Gasteiger partial charge in [0.2, 0.25) is 11.7 Å². The van der Waals surface area contributed by atoms with Gasteiger partial charge in [-0.05, 0) is 42.0 Å². The van der Waals surface area contributed by atoms with Gasteiger partial charge in [0.1, 0.15) is 11.6 Å². The van der Waals surface area contributed by atoms with Crippen molar-refractivity contribution in [1.29, 1.82) is 0 Å². The molecule has 1 amide bonds. The summed E-state index contributed by atoms with van der Waals surface area (Å²) >= 11 is 0. The lowest BCUT2D eigenvalue weighted by Gasteiger charge is -2.35. The van der Waals surface area contributed by atoms with Crippen LogP contribution in [0.3, 0.4) is 0 Å². The average molecular weight is 543 g/mol. The molecule has 4 aromatic rings. The molecule has 1 aliphatic heterocycles. The fourth-order valence-corrected chi connectivity index (χ4v) is 4.47. The molecule has 0 spiro atoms. The molecule has 3 aromatic carbocycles. The smallest absolute Gasteiger partial charge is 0.340 e. The van der Waals surface area contributed by atoms with Crippen molar-refractivity contribution in [3.05, 3.63) is 95.1 Å². The monoisotopic (exact) mass is 542 g/mol. The maximum atomic E-state index is 13.9. The van der Waals surface area contributed by atoms with E-state index in [1.807, 2.05) is 18.2 Å². The summed E-state index contributed by atoms with van der Waals surface area (Å²) in [6, 6.07) is 15.6. The molecule has 6 nitrogen and oxygen atoms in total. The number of carbonyl (C=O) groups is 1. The Bertz CT molecular complexity index is 1460. The van der Waals surface area contributed by atoms with Crippen molar-refractivity contribution in [2.75, 3.05) is 26.2 Å². The Morgan fingerprint density at radius 1 is 0.872 bits per heavy atom. The zero-order valence-electron chi connectivity index (χ0n) is 20.6. The van der Waals surface area contributed by atoms with Crippen LogP contribution in [0.15, 0.2) is 71.3 Å². The van der Waals surface area contributed by atoms with Gasteiger partial charge in [-0.2, -0.15) is 18.2 Å². The Balaban J connectivity index is 1.20. The van der Waals surface area contributed by atoms with E-state index in [9.17, 15) is 26.7 Å². The Labute approximate surface area is 220 Å². The van der Waals surface area contributed by atoms with Crippen LogP contribution in [0.25, 0.3) is 22.8 Å². The Kier molecular flexibility index (Phi) is 7.42. The van der Waals surface area contributed by atoms with E-state index in [1.165, 1.54) is 18.2 Å². The summed E-state index contributed by atoms with van der Waals surface area (Å²) in [5, 5.41) is 3.94. The SMILES string of the molecule is O=C(Cc1c(F)cccc1F)N1CCN(Cc2cccc(-c3noc(-c4cccc(C(F)(F)F)c4)n3)c2)CC1. The van der Waals surface area contributed by atoms with Gasteiger partial charge in [0, 0.05) is 49.4 Å². The van der Waals surface area contributed by atoms with E-state index >= 15 is 0 Å². The third-order valence-corrected chi connectivity index (χ3v) is 6.57. The predicted molar refractivity (Wildman–Crippen MR) is 132 cm³/mol. The zero-order chi connectivity index (χ0) is 27.6. The number of benzene rings is 3. The van der Waals surface area contributed by atoms with Gasteiger partial charge < -0.3 is 9.42 Å². The molecule has 0 aliphatic carbocycles. The Hall–Kier alpha value is -4.12. The van der Waals surface area contributed by atoms with Gasteiger partial charge in [-0.3, -0.25) is 9.69 Å². The number of hydrogen-bond acceptors (Lipinski definition) is 5. The molecule has 5 rings (SSSR count). The summed E-state index contributed by atoms with van der Waals surface area (Å²) in [4.78, 5) is 20.6. The van der Waals surface area contributed by atoms with Crippen molar-refractivity contribution in [2.45, 2.75) is 19.1 Å². The highest BCUT2D eigenvalue weighted by Gasteiger charge is 2.31. The average Bonchev–Trinajstić information content (AvgIpc) is 3.42. The summed E-state index contributed by atoms with van der Waals surface area (Å²) in [5.74, 6) is -1.55. The molecule has 0 bridgehead atoms. The number of alkyl halides is 3. The minimum Gasteiger partial charge on any atom is -0.340 e. The summed E-state index contributed by atoms with van der Waals surface area (Å²) in [6.45, 7) is 2.60. The van der Waals surface area contributed by atoms with Crippen LogP contribution < -0.4 is 0 Å². The van der Waals surface area contributed by atoms with Crippen molar-refractivity contribution >= 4 is 5.91 Å². The highest BCUT2D eigenvalue weighted by molar-refractivity contribution is 5.79. The molecule has 0 radical (unpaired) electrons. The standard InChI is InChI=1S/C28H23F5N4O2/c29-23-8-3-9-24(30)22(23)16-25(38)37-12-10-36(11-13-37)17-18-4-1-5-19(14-18)26-34-27(39-35-26)20-6-2-7-21(15-20)28(31,32)33/h1-9,14-15H,10-13,16-17H2. The van der Waals surface area contributed by atoms with Crippen LogP contribution in [0, 0.1) is 11.6 Å². The number of rotatable bonds is 6. The molecule has 0 unspecified atom stereocenters. The third-order valence-electron chi connectivity index (χ3n) is 6.57. The molecule has 11 heteroatoms. The number of carbonyl (C=O) groups excluding carboxylic acids is 1.